The van der Waals surface area contributed by atoms with Crippen molar-refractivity contribution in [1.29, 1.82) is 0 Å². The van der Waals surface area contributed by atoms with Crippen molar-refractivity contribution < 1.29 is 24.4 Å². The first-order chi connectivity index (χ1) is 12.0. The van der Waals surface area contributed by atoms with Crippen LogP contribution in [0.25, 0.3) is 0 Å². The molecule has 7 heteroatoms. The zero-order valence-electron chi connectivity index (χ0n) is 13.6. The number of carbonyl (C=O) groups excluding carboxylic acids is 1. The van der Waals surface area contributed by atoms with Crippen molar-refractivity contribution in [3.63, 3.8) is 0 Å². The fourth-order valence-corrected chi connectivity index (χ4v) is 2.27. The Morgan fingerprint density at radius 1 is 1.16 bits per heavy atom. The molecule has 0 heterocycles. The van der Waals surface area contributed by atoms with E-state index >= 15 is 0 Å². The van der Waals surface area contributed by atoms with Crippen LogP contribution in [-0.4, -0.2) is 28.4 Å². The van der Waals surface area contributed by atoms with E-state index in [1.807, 2.05) is 6.92 Å². The first-order valence-electron chi connectivity index (χ1n) is 7.74. The molecular weight excluding hydrogens is 326 g/mol. The molecule has 0 saturated carbocycles. The average molecular weight is 343 g/mol. The van der Waals surface area contributed by atoms with Crippen LogP contribution in [0.5, 0.6) is 5.75 Å². The van der Waals surface area contributed by atoms with Gasteiger partial charge in [-0.25, -0.2) is 4.79 Å². The fraction of sp³-hybridized carbons (Fsp3) is 0.222. The molecule has 0 unspecified atom stereocenters. The number of benzene rings is 2. The van der Waals surface area contributed by atoms with Gasteiger partial charge in [-0.15, -0.1) is 0 Å². The minimum Gasteiger partial charge on any atom is -0.493 e. The molecule has 0 spiro atoms. The Kier molecular flexibility index (Phi) is 5.84. The van der Waals surface area contributed by atoms with Crippen LogP contribution in [0.2, 0.25) is 0 Å². The summed E-state index contributed by atoms with van der Waals surface area (Å²) in [7, 11) is 0. The summed E-state index contributed by atoms with van der Waals surface area (Å²) in [6.07, 6.45) is 1.49. The van der Waals surface area contributed by atoms with Crippen molar-refractivity contribution in [3.8, 4) is 5.75 Å². The number of ether oxygens (including phenoxy) is 1. The van der Waals surface area contributed by atoms with Crippen molar-refractivity contribution in [1.82, 2.24) is 0 Å². The van der Waals surface area contributed by atoms with Crippen LogP contribution in [-0.2, 0) is 0 Å². The predicted molar refractivity (Wildman–Crippen MR) is 90.3 cm³/mol. The Balaban J connectivity index is 2.62. The molecule has 2 aromatic carbocycles. The van der Waals surface area contributed by atoms with E-state index in [9.17, 15) is 24.8 Å². The van der Waals surface area contributed by atoms with E-state index in [4.69, 9.17) is 4.74 Å². The molecule has 130 valence electrons. The number of rotatable bonds is 8. The predicted octanol–water partition coefficient (Wildman–Crippen LogP) is 3.70. The van der Waals surface area contributed by atoms with Gasteiger partial charge in [-0.1, -0.05) is 43.7 Å². The molecule has 25 heavy (non-hydrogen) atoms. The van der Waals surface area contributed by atoms with Gasteiger partial charge in [0.1, 0.15) is 11.3 Å². The maximum absolute atomic E-state index is 12.8. The average Bonchev–Trinajstić information content (AvgIpc) is 2.61. The third-order valence-electron chi connectivity index (χ3n) is 3.54. The smallest absolute Gasteiger partial charge is 0.336 e. The Morgan fingerprint density at radius 3 is 2.40 bits per heavy atom. The van der Waals surface area contributed by atoms with Crippen LogP contribution in [0, 0.1) is 10.1 Å². The molecular formula is C18H17NO6. The van der Waals surface area contributed by atoms with Crippen molar-refractivity contribution >= 4 is 17.4 Å². The standard InChI is InChI=1S/C18H17NO6/c1-2-3-9-25-15-11-13(18(21)22)10-14(19(23)24)16(15)17(20)12-7-5-4-6-8-12/h4-8,10-11H,2-3,9H2,1H3,(H,21,22). The van der Waals surface area contributed by atoms with Crippen LogP contribution in [0.3, 0.4) is 0 Å². The van der Waals surface area contributed by atoms with Gasteiger partial charge in [0.15, 0.2) is 0 Å². The second-order valence-electron chi connectivity index (χ2n) is 5.33. The minimum absolute atomic E-state index is 0.0890. The van der Waals surface area contributed by atoms with Gasteiger partial charge in [0.25, 0.3) is 5.69 Å². The molecule has 0 aliphatic heterocycles. The Bertz CT molecular complexity index is 801. The molecule has 0 atom stereocenters. The summed E-state index contributed by atoms with van der Waals surface area (Å²) < 4.78 is 5.51. The summed E-state index contributed by atoms with van der Waals surface area (Å²) in [6.45, 7) is 2.17. The number of ketones is 1. The van der Waals surface area contributed by atoms with E-state index in [0.29, 0.717) is 6.42 Å². The highest BCUT2D eigenvalue weighted by atomic mass is 16.6. The topological polar surface area (TPSA) is 107 Å². The minimum atomic E-state index is -1.33. The number of hydrogen-bond acceptors (Lipinski definition) is 5. The van der Waals surface area contributed by atoms with Crippen LogP contribution < -0.4 is 4.74 Å². The molecule has 0 aliphatic carbocycles. The number of carboxylic acid groups (broad SMARTS) is 1. The van der Waals surface area contributed by atoms with Crippen LogP contribution in [0.4, 0.5) is 5.69 Å². The lowest BCUT2D eigenvalue weighted by atomic mass is 9.98. The highest BCUT2D eigenvalue weighted by molar-refractivity contribution is 6.14. The van der Waals surface area contributed by atoms with Gasteiger partial charge in [-0.05, 0) is 12.5 Å². The maximum Gasteiger partial charge on any atom is 0.336 e. The van der Waals surface area contributed by atoms with Crippen LogP contribution in [0.15, 0.2) is 42.5 Å². The number of carbonyl (C=O) groups is 2. The Labute approximate surface area is 144 Å². The lowest BCUT2D eigenvalue weighted by molar-refractivity contribution is -0.385. The molecule has 2 aromatic rings. The lowest BCUT2D eigenvalue weighted by Crippen LogP contribution is -2.11. The van der Waals surface area contributed by atoms with Crippen LogP contribution >= 0.6 is 0 Å². The normalized spacial score (nSPS) is 10.3. The number of nitrogens with zero attached hydrogens (tertiary/aromatic N) is 1. The van der Waals surface area contributed by atoms with Crippen LogP contribution in [0.1, 0.15) is 46.0 Å². The van der Waals surface area contributed by atoms with E-state index in [-0.39, 0.29) is 29.0 Å². The number of unbranched alkanes of at least 4 members (excludes halogenated alkanes) is 1. The van der Waals surface area contributed by atoms with E-state index in [1.54, 1.807) is 18.2 Å². The Morgan fingerprint density at radius 2 is 1.84 bits per heavy atom. The van der Waals surface area contributed by atoms with Crippen molar-refractivity contribution in [2.24, 2.45) is 0 Å². The molecule has 1 N–H and O–H groups in total. The fourth-order valence-electron chi connectivity index (χ4n) is 2.27. The number of aromatic carboxylic acids is 1. The molecule has 0 saturated heterocycles. The number of nitro groups is 1. The van der Waals surface area contributed by atoms with Gasteiger partial charge in [-0.3, -0.25) is 14.9 Å². The van der Waals surface area contributed by atoms with Crippen molar-refractivity contribution in [2.75, 3.05) is 6.61 Å². The SMILES string of the molecule is CCCCOc1cc(C(=O)O)cc([N+](=O)[O-])c1C(=O)c1ccccc1. The molecule has 2 rings (SSSR count). The highest BCUT2D eigenvalue weighted by Gasteiger charge is 2.29. The molecule has 0 aliphatic rings. The summed E-state index contributed by atoms with van der Waals surface area (Å²) in [5.74, 6) is -2.01. The van der Waals surface area contributed by atoms with Gasteiger partial charge in [0, 0.05) is 11.6 Å². The lowest BCUT2D eigenvalue weighted by Gasteiger charge is -2.12. The largest absolute Gasteiger partial charge is 0.493 e. The first kappa shape index (κ1) is 18.1. The van der Waals surface area contributed by atoms with Crippen molar-refractivity contribution in [2.45, 2.75) is 19.8 Å². The molecule has 0 aromatic heterocycles. The van der Waals surface area contributed by atoms with Gasteiger partial charge < -0.3 is 9.84 Å². The number of nitro benzene ring substituents is 1. The van der Waals surface area contributed by atoms with E-state index < -0.39 is 22.4 Å². The highest BCUT2D eigenvalue weighted by Crippen LogP contribution is 2.33. The van der Waals surface area contributed by atoms with Gasteiger partial charge in [0.05, 0.1) is 17.1 Å². The second-order valence-corrected chi connectivity index (χ2v) is 5.33. The monoisotopic (exact) mass is 343 g/mol. The third kappa shape index (κ3) is 4.20. The quantitative estimate of drug-likeness (QED) is 0.339. The van der Waals surface area contributed by atoms with E-state index in [1.165, 1.54) is 12.1 Å². The summed E-state index contributed by atoms with van der Waals surface area (Å²) >= 11 is 0. The summed E-state index contributed by atoms with van der Waals surface area (Å²) in [6, 6.07) is 10.1. The molecule has 0 fully saturated rings. The summed E-state index contributed by atoms with van der Waals surface area (Å²) in [5.41, 5.74) is -0.866. The van der Waals surface area contributed by atoms with Gasteiger partial charge in [0.2, 0.25) is 5.78 Å². The zero-order valence-corrected chi connectivity index (χ0v) is 13.6. The number of hydrogen-bond donors (Lipinski definition) is 1. The Hall–Kier alpha value is -3.22. The third-order valence-corrected chi connectivity index (χ3v) is 3.54. The molecule has 0 bridgehead atoms. The second kappa shape index (κ2) is 8.05. The summed E-state index contributed by atoms with van der Waals surface area (Å²) in [5, 5.41) is 20.6. The molecule has 7 nitrogen and oxygen atoms in total. The van der Waals surface area contributed by atoms with Gasteiger partial charge in [-0.2, -0.15) is 0 Å². The van der Waals surface area contributed by atoms with E-state index in [0.717, 1.165) is 18.6 Å². The van der Waals surface area contributed by atoms with E-state index in [2.05, 4.69) is 0 Å². The van der Waals surface area contributed by atoms with Crippen molar-refractivity contribution in [3.05, 3.63) is 69.3 Å². The molecule has 0 amide bonds. The summed E-state index contributed by atoms with van der Waals surface area (Å²) in [4.78, 5) is 34.7. The maximum atomic E-state index is 12.8. The first-order valence-corrected chi connectivity index (χ1v) is 7.74. The molecule has 0 radical (unpaired) electrons. The zero-order chi connectivity index (χ0) is 18.4. The van der Waals surface area contributed by atoms with Gasteiger partial charge >= 0.3 is 5.97 Å². The number of carboxylic acids is 1.